The van der Waals surface area contributed by atoms with Crippen LogP contribution in [0.4, 0.5) is 0 Å². The van der Waals surface area contributed by atoms with Gasteiger partial charge in [0.25, 0.3) is 0 Å². The Hall–Kier alpha value is -2.32. The fourth-order valence-electron chi connectivity index (χ4n) is 3.10. The van der Waals surface area contributed by atoms with E-state index in [-0.39, 0.29) is 25.7 Å². The summed E-state index contributed by atoms with van der Waals surface area (Å²) < 4.78 is 10.7. The number of nitrogens with two attached hydrogens (primary N) is 1. The van der Waals surface area contributed by atoms with Gasteiger partial charge in [-0.2, -0.15) is 0 Å². The van der Waals surface area contributed by atoms with Gasteiger partial charge in [0.2, 0.25) is 5.91 Å². The van der Waals surface area contributed by atoms with Crippen LogP contribution in [0.1, 0.15) is 66.2 Å². The van der Waals surface area contributed by atoms with Crippen LogP contribution in [-0.4, -0.2) is 91.5 Å². The van der Waals surface area contributed by atoms with E-state index < -0.39 is 17.0 Å². The Morgan fingerprint density at radius 2 is 1.44 bits per heavy atom. The number of unbranched alkanes of at least 4 members (excludes halogenated alkanes) is 2. The molecule has 210 valence electrons. The molecule has 0 saturated carbocycles. The molecule has 0 aliphatic rings. The number of carbonyl (C=O) groups excluding carboxylic acids is 2. The summed E-state index contributed by atoms with van der Waals surface area (Å²) >= 11 is 0. The topological polar surface area (TPSA) is 192 Å². The predicted octanol–water partition coefficient (Wildman–Crippen LogP) is 0.493. The van der Waals surface area contributed by atoms with Gasteiger partial charge in [0, 0.05) is 19.6 Å². The highest BCUT2D eigenvalue weighted by Crippen LogP contribution is 2.14. The van der Waals surface area contributed by atoms with Crippen LogP contribution in [0, 0.1) is 0 Å². The smallest absolute Gasteiger partial charge is 0.325 e. The van der Waals surface area contributed by atoms with Crippen LogP contribution in [0.25, 0.3) is 0 Å². The van der Waals surface area contributed by atoms with Crippen molar-refractivity contribution in [1.29, 1.82) is 0 Å². The highest BCUT2D eigenvalue weighted by Gasteiger charge is 2.30. The fraction of sp³-hybridized carbons (Fsp3) is 0.826. The van der Waals surface area contributed by atoms with Crippen molar-refractivity contribution in [2.45, 2.75) is 77.3 Å². The number of nitrogens with one attached hydrogen (secondary N) is 4. The van der Waals surface area contributed by atoms with Gasteiger partial charge in [-0.1, -0.05) is 0 Å². The van der Waals surface area contributed by atoms with Gasteiger partial charge in [-0.25, -0.2) is 0 Å². The molecule has 0 radical (unpaired) electrons. The maximum absolute atomic E-state index is 12.6. The van der Waals surface area contributed by atoms with Crippen LogP contribution in [0.15, 0.2) is 9.98 Å². The molecule has 0 aromatic heterocycles. The van der Waals surface area contributed by atoms with E-state index in [0.29, 0.717) is 50.6 Å². The molecule has 0 aliphatic carbocycles. The van der Waals surface area contributed by atoms with E-state index in [0.717, 1.165) is 19.3 Å². The molecule has 0 heterocycles. The largest absolute Gasteiger partial charge is 0.462 e. The second kappa shape index (κ2) is 18.9. The van der Waals surface area contributed by atoms with E-state index in [1.807, 2.05) is 17.9 Å². The number of amidine groups is 2. The zero-order valence-electron chi connectivity index (χ0n) is 22.5. The second-order valence-corrected chi connectivity index (χ2v) is 9.08. The molecule has 13 heteroatoms. The van der Waals surface area contributed by atoms with Gasteiger partial charge >= 0.3 is 5.97 Å². The Morgan fingerprint density at radius 1 is 0.889 bits per heavy atom. The van der Waals surface area contributed by atoms with Crippen LogP contribution in [0.5, 0.6) is 0 Å². The molecule has 0 saturated heterocycles. The summed E-state index contributed by atoms with van der Waals surface area (Å²) in [6.45, 7) is 8.80. The standard InChI is InChI=1S/C23H47N7O6/c1-18(29-33)26-12-8-6-10-22(3,24)21(32)36-17-16-35-15-14-28-20(31)23(4,25-5)11-7-9-13-27-19(2)30-34/h25,33-34H,6-17,24H2,1-5H3,(H,26,29)(H,27,30)(H,28,31). The summed E-state index contributed by atoms with van der Waals surface area (Å²) in [5.74, 6) is 0.282. The van der Waals surface area contributed by atoms with Crippen molar-refractivity contribution in [2.24, 2.45) is 15.7 Å². The molecule has 13 nitrogen and oxygen atoms in total. The first-order valence-corrected chi connectivity index (χ1v) is 12.4. The monoisotopic (exact) mass is 517 g/mol. The summed E-state index contributed by atoms with van der Waals surface area (Å²) in [6.07, 6.45) is 4.11. The van der Waals surface area contributed by atoms with Crippen molar-refractivity contribution in [1.82, 2.24) is 21.6 Å². The maximum atomic E-state index is 12.6. The number of hydrogen-bond donors (Lipinski definition) is 7. The number of nitrogens with zero attached hydrogens (tertiary/aromatic N) is 2. The number of likely N-dealkylation sites (N-methyl/N-ethyl adjacent to an activating group) is 1. The number of rotatable bonds is 19. The molecule has 0 bridgehead atoms. The normalized spacial score (nSPS) is 15.6. The number of hydrogen-bond acceptors (Lipinski definition) is 10. The number of esters is 1. The molecule has 0 rings (SSSR count). The van der Waals surface area contributed by atoms with E-state index in [9.17, 15) is 9.59 Å². The zero-order valence-corrected chi connectivity index (χ0v) is 22.5. The van der Waals surface area contributed by atoms with Crippen LogP contribution in [0.3, 0.4) is 0 Å². The molecule has 2 unspecified atom stereocenters. The summed E-state index contributed by atoms with van der Waals surface area (Å²) in [6, 6.07) is 0. The minimum Gasteiger partial charge on any atom is -0.462 e. The first-order chi connectivity index (χ1) is 17.0. The van der Waals surface area contributed by atoms with Gasteiger partial charge in [0.1, 0.15) is 23.8 Å². The molecule has 0 aromatic rings. The third kappa shape index (κ3) is 14.9. The van der Waals surface area contributed by atoms with Crippen molar-refractivity contribution in [2.75, 3.05) is 46.5 Å². The Balaban J connectivity index is 4.05. The molecule has 0 fully saturated rings. The van der Waals surface area contributed by atoms with Crippen LogP contribution in [-0.2, 0) is 19.1 Å². The zero-order chi connectivity index (χ0) is 27.5. The van der Waals surface area contributed by atoms with Crippen LogP contribution < -0.4 is 27.3 Å². The van der Waals surface area contributed by atoms with Gasteiger partial charge in [-0.3, -0.25) is 40.9 Å². The van der Waals surface area contributed by atoms with E-state index in [1.54, 1.807) is 27.8 Å². The molecule has 1 amide bonds. The van der Waals surface area contributed by atoms with Gasteiger partial charge in [0.15, 0.2) is 0 Å². The highest BCUT2D eigenvalue weighted by atomic mass is 16.6. The van der Waals surface area contributed by atoms with Crippen molar-refractivity contribution in [3.63, 3.8) is 0 Å². The van der Waals surface area contributed by atoms with Gasteiger partial charge < -0.3 is 25.8 Å². The third-order valence-corrected chi connectivity index (χ3v) is 5.72. The number of amides is 1. The van der Waals surface area contributed by atoms with E-state index in [4.69, 9.17) is 25.6 Å². The van der Waals surface area contributed by atoms with Gasteiger partial charge in [-0.05, 0) is 73.3 Å². The van der Waals surface area contributed by atoms with Gasteiger partial charge in [0.05, 0.1) is 18.8 Å². The van der Waals surface area contributed by atoms with E-state index in [1.165, 1.54) is 0 Å². The summed E-state index contributed by atoms with van der Waals surface area (Å²) in [5.41, 5.74) is 8.22. The predicted molar refractivity (Wildman–Crippen MR) is 138 cm³/mol. The molecular formula is C23H47N7O6. The van der Waals surface area contributed by atoms with Crippen molar-refractivity contribution < 1.29 is 29.5 Å². The molecule has 0 spiro atoms. The Morgan fingerprint density at radius 3 is 1.97 bits per heavy atom. The minimum absolute atomic E-state index is 0.0766. The lowest BCUT2D eigenvalue weighted by Gasteiger charge is -2.28. The maximum Gasteiger partial charge on any atom is 0.325 e. The average Bonchev–Trinajstić information content (AvgIpc) is 2.86. The number of ether oxygens (including phenoxy) is 2. The lowest BCUT2D eigenvalue weighted by atomic mass is 9.94. The Bertz CT molecular complexity index is 702. The molecule has 8 N–H and O–H groups in total. The first kappa shape index (κ1) is 33.7. The average molecular weight is 518 g/mol. The molecular weight excluding hydrogens is 470 g/mol. The molecule has 36 heavy (non-hydrogen) atoms. The molecule has 0 aliphatic heterocycles. The van der Waals surface area contributed by atoms with E-state index >= 15 is 0 Å². The number of aliphatic imine (C=N–C) groups is 2. The molecule has 2 atom stereocenters. The number of carbonyl (C=O) groups is 2. The van der Waals surface area contributed by atoms with E-state index in [2.05, 4.69) is 20.6 Å². The third-order valence-electron chi connectivity index (χ3n) is 5.72. The van der Waals surface area contributed by atoms with Crippen LogP contribution >= 0.6 is 0 Å². The first-order valence-electron chi connectivity index (χ1n) is 12.4. The second-order valence-electron chi connectivity index (χ2n) is 9.08. The lowest BCUT2D eigenvalue weighted by Crippen LogP contribution is -2.54. The SMILES string of the molecule is CNC(C)(CCCCN=C(C)NO)C(=O)NCCOCCOC(=O)C(C)(N)CCCCN=C(C)NO. The van der Waals surface area contributed by atoms with Crippen molar-refractivity contribution in [3.05, 3.63) is 0 Å². The molecule has 0 aromatic carbocycles. The number of hydroxylamine groups is 2. The van der Waals surface area contributed by atoms with Crippen molar-refractivity contribution >= 4 is 23.5 Å². The van der Waals surface area contributed by atoms with Crippen molar-refractivity contribution in [3.8, 4) is 0 Å². The van der Waals surface area contributed by atoms with Gasteiger partial charge in [-0.15, -0.1) is 0 Å². The van der Waals surface area contributed by atoms with Crippen LogP contribution in [0.2, 0.25) is 0 Å². The summed E-state index contributed by atoms with van der Waals surface area (Å²) in [7, 11) is 1.75. The summed E-state index contributed by atoms with van der Waals surface area (Å²) in [4.78, 5) is 33.0. The quantitative estimate of drug-likeness (QED) is 0.0417. The Labute approximate surface area is 214 Å². The fourth-order valence-corrected chi connectivity index (χ4v) is 3.10. The minimum atomic E-state index is -1.10. The lowest BCUT2D eigenvalue weighted by molar-refractivity contribution is -0.151. The Kier molecular flexibility index (Phi) is 17.7. The summed E-state index contributed by atoms with van der Waals surface area (Å²) in [5, 5.41) is 23.3. The highest BCUT2D eigenvalue weighted by molar-refractivity contribution is 5.85.